The number of nitrogens with one attached hydrogen (secondary N) is 1. The van der Waals surface area contributed by atoms with Crippen LogP contribution < -0.4 is 10.2 Å². The Morgan fingerprint density at radius 3 is 2.70 bits per heavy atom. The summed E-state index contributed by atoms with van der Waals surface area (Å²) < 4.78 is 0. The van der Waals surface area contributed by atoms with Gasteiger partial charge < -0.3 is 10.2 Å². The second-order valence-corrected chi connectivity index (χ2v) is 6.08. The maximum Gasteiger partial charge on any atom is 0.226 e. The largest absolute Gasteiger partial charge is 0.316 e. The molecular formula is C17H26N2O. The molecule has 3 heteroatoms. The fraction of sp³-hybridized carbons (Fsp3) is 0.588. The van der Waals surface area contributed by atoms with E-state index >= 15 is 0 Å². The molecule has 1 aliphatic heterocycles. The summed E-state index contributed by atoms with van der Waals surface area (Å²) in [5.74, 6) is 1.30. The van der Waals surface area contributed by atoms with Crippen LogP contribution in [0.2, 0.25) is 0 Å². The molecule has 0 radical (unpaired) electrons. The molecule has 1 aliphatic rings. The number of aryl methyl sites for hydroxylation is 1. The third-order valence-electron chi connectivity index (χ3n) is 4.43. The Morgan fingerprint density at radius 1 is 1.40 bits per heavy atom. The van der Waals surface area contributed by atoms with Gasteiger partial charge in [0.2, 0.25) is 5.91 Å². The molecule has 0 saturated carbocycles. The van der Waals surface area contributed by atoms with Crippen LogP contribution >= 0.6 is 0 Å². The first-order valence-corrected chi connectivity index (χ1v) is 7.62. The van der Waals surface area contributed by atoms with E-state index in [0.717, 1.165) is 18.8 Å². The van der Waals surface area contributed by atoms with E-state index in [0.29, 0.717) is 18.3 Å². The summed E-state index contributed by atoms with van der Waals surface area (Å²) in [5.41, 5.74) is 2.20. The minimum atomic E-state index is 0.215. The van der Waals surface area contributed by atoms with Crippen molar-refractivity contribution in [2.24, 2.45) is 11.8 Å². The van der Waals surface area contributed by atoms with E-state index in [1.54, 1.807) is 4.90 Å². The van der Waals surface area contributed by atoms with E-state index in [4.69, 9.17) is 0 Å². The van der Waals surface area contributed by atoms with Gasteiger partial charge in [-0.1, -0.05) is 24.6 Å². The first-order chi connectivity index (χ1) is 9.58. The minimum absolute atomic E-state index is 0.215. The van der Waals surface area contributed by atoms with Gasteiger partial charge in [-0.3, -0.25) is 4.79 Å². The van der Waals surface area contributed by atoms with E-state index in [2.05, 4.69) is 19.2 Å². The van der Waals surface area contributed by atoms with E-state index in [9.17, 15) is 4.79 Å². The lowest BCUT2D eigenvalue weighted by molar-refractivity contribution is -0.119. The summed E-state index contributed by atoms with van der Waals surface area (Å²) in [6.45, 7) is 6.45. The van der Waals surface area contributed by atoms with Crippen molar-refractivity contribution in [3.05, 3.63) is 29.8 Å². The Hall–Kier alpha value is -1.35. The van der Waals surface area contributed by atoms with Crippen molar-refractivity contribution < 1.29 is 4.79 Å². The molecule has 2 rings (SSSR count). The molecule has 1 fully saturated rings. The number of carbonyl (C=O) groups excluding carboxylic acids is 1. The Morgan fingerprint density at radius 2 is 2.10 bits per heavy atom. The Balaban J connectivity index is 1.91. The molecule has 0 bridgehead atoms. The van der Waals surface area contributed by atoms with Crippen LogP contribution in [0.5, 0.6) is 0 Å². The average molecular weight is 274 g/mol. The summed E-state index contributed by atoms with van der Waals surface area (Å²) in [6.07, 6.45) is 3.11. The third kappa shape index (κ3) is 3.83. The van der Waals surface area contributed by atoms with Crippen LogP contribution in [0.15, 0.2) is 24.3 Å². The van der Waals surface area contributed by atoms with Crippen molar-refractivity contribution in [1.29, 1.82) is 0 Å². The minimum Gasteiger partial charge on any atom is -0.316 e. The lowest BCUT2D eigenvalue weighted by Crippen LogP contribution is -2.36. The van der Waals surface area contributed by atoms with Gasteiger partial charge in [-0.2, -0.15) is 0 Å². The lowest BCUT2D eigenvalue weighted by Gasteiger charge is -2.29. The number of anilines is 1. The molecule has 1 aromatic rings. The molecule has 2 unspecified atom stereocenters. The highest BCUT2D eigenvalue weighted by Gasteiger charge is 2.23. The van der Waals surface area contributed by atoms with Gasteiger partial charge in [0.1, 0.15) is 0 Å². The van der Waals surface area contributed by atoms with Crippen molar-refractivity contribution in [2.45, 2.75) is 33.1 Å². The van der Waals surface area contributed by atoms with Crippen LogP contribution in [-0.4, -0.2) is 26.0 Å². The number of hydrogen-bond acceptors (Lipinski definition) is 2. The maximum absolute atomic E-state index is 12.4. The molecule has 2 atom stereocenters. The number of piperidine rings is 1. The average Bonchev–Trinajstić information content (AvgIpc) is 2.48. The number of hydrogen-bond donors (Lipinski definition) is 1. The van der Waals surface area contributed by atoms with E-state index in [-0.39, 0.29) is 5.91 Å². The first-order valence-electron chi connectivity index (χ1n) is 7.62. The number of nitrogens with zero attached hydrogens (tertiary/aromatic N) is 1. The van der Waals surface area contributed by atoms with Gasteiger partial charge in [-0.05, 0) is 56.8 Å². The predicted octanol–water partition coefficient (Wildman–Crippen LogP) is 2.98. The second-order valence-electron chi connectivity index (χ2n) is 6.08. The van der Waals surface area contributed by atoms with Gasteiger partial charge in [0.25, 0.3) is 0 Å². The zero-order chi connectivity index (χ0) is 14.5. The van der Waals surface area contributed by atoms with Crippen LogP contribution in [0.25, 0.3) is 0 Å². The van der Waals surface area contributed by atoms with Crippen molar-refractivity contribution >= 4 is 11.6 Å². The Labute approximate surface area is 122 Å². The molecule has 0 aliphatic carbocycles. The Bertz CT molecular complexity index is 435. The molecule has 20 heavy (non-hydrogen) atoms. The molecule has 1 heterocycles. The highest BCUT2D eigenvalue weighted by atomic mass is 16.2. The highest BCUT2D eigenvalue weighted by molar-refractivity contribution is 5.92. The SMILES string of the molecule is Cc1ccc(N(C)C(=O)CC(C)C2CCCNC2)cc1. The normalized spacial score (nSPS) is 20.4. The first kappa shape index (κ1) is 15.0. The predicted molar refractivity (Wildman–Crippen MR) is 84.0 cm³/mol. The molecule has 1 aromatic carbocycles. The van der Waals surface area contributed by atoms with Crippen molar-refractivity contribution in [2.75, 3.05) is 25.0 Å². The second kappa shape index (κ2) is 6.89. The smallest absolute Gasteiger partial charge is 0.226 e. The highest BCUT2D eigenvalue weighted by Crippen LogP contribution is 2.24. The number of carbonyl (C=O) groups is 1. The van der Waals surface area contributed by atoms with Crippen LogP contribution in [0.3, 0.4) is 0 Å². The fourth-order valence-electron chi connectivity index (χ4n) is 2.86. The Kier molecular flexibility index (Phi) is 5.18. The van der Waals surface area contributed by atoms with Crippen LogP contribution in [0, 0.1) is 18.8 Å². The maximum atomic E-state index is 12.4. The molecule has 1 amide bonds. The zero-order valence-corrected chi connectivity index (χ0v) is 12.9. The van der Waals surface area contributed by atoms with Crippen LogP contribution in [-0.2, 0) is 4.79 Å². The van der Waals surface area contributed by atoms with Gasteiger partial charge in [-0.25, -0.2) is 0 Å². The van der Waals surface area contributed by atoms with Crippen LogP contribution in [0.1, 0.15) is 31.7 Å². The monoisotopic (exact) mass is 274 g/mol. The van der Waals surface area contributed by atoms with Crippen molar-refractivity contribution in [3.8, 4) is 0 Å². The summed E-state index contributed by atoms with van der Waals surface area (Å²) >= 11 is 0. The standard InChI is InChI=1S/C17H26N2O/c1-13-6-8-16(9-7-13)19(3)17(20)11-14(2)15-5-4-10-18-12-15/h6-9,14-15,18H,4-5,10-12H2,1-3H3. The summed E-state index contributed by atoms with van der Waals surface area (Å²) in [5, 5.41) is 3.43. The number of benzene rings is 1. The van der Waals surface area contributed by atoms with Crippen molar-refractivity contribution in [1.82, 2.24) is 5.32 Å². The van der Waals surface area contributed by atoms with Gasteiger partial charge in [-0.15, -0.1) is 0 Å². The number of rotatable bonds is 4. The van der Waals surface area contributed by atoms with Gasteiger partial charge in [0, 0.05) is 19.2 Å². The third-order valence-corrected chi connectivity index (χ3v) is 4.43. The summed E-state index contributed by atoms with van der Waals surface area (Å²) in [4.78, 5) is 14.2. The molecular weight excluding hydrogens is 248 g/mol. The van der Waals surface area contributed by atoms with E-state index in [1.807, 2.05) is 31.3 Å². The fourth-order valence-corrected chi connectivity index (χ4v) is 2.86. The molecule has 1 saturated heterocycles. The van der Waals surface area contributed by atoms with Gasteiger partial charge >= 0.3 is 0 Å². The molecule has 3 nitrogen and oxygen atoms in total. The van der Waals surface area contributed by atoms with E-state index in [1.165, 1.54) is 18.4 Å². The van der Waals surface area contributed by atoms with Gasteiger partial charge in [0.15, 0.2) is 0 Å². The zero-order valence-electron chi connectivity index (χ0n) is 12.9. The molecule has 0 aromatic heterocycles. The van der Waals surface area contributed by atoms with Gasteiger partial charge in [0.05, 0.1) is 0 Å². The topological polar surface area (TPSA) is 32.3 Å². The molecule has 0 spiro atoms. The molecule has 1 N–H and O–H groups in total. The molecule has 110 valence electrons. The quantitative estimate of drug-likeness (QED) is 0.915. The lowest BCUT2D eigenvalue weighted by atomic mass is 9.85. The van der Waals surface area contributed by atoms with E-state index < -0.39 is 0 Å². The summed E-state index contributed by atoms with van der Waals surface area (Å²) in [6, 6.07) is 8.13. The number of amides is 1. The summed E-state index contributed by atoms with van der Waals surface area (Å²) in [7, 11) is 1.87. The van der Waals surface area contributed by atoms with Crippen LogP contribution in [0.4, 0.5) is 5.69 Å². The van der Waals surface area contributed by atoms with Crippen molar-refractivity contribution in [3.63, 3.8) is 0 Å².